The molecule has 0 amide bonds. The lowest BCUT2D eigenvalue weighted by Crippen LogP contribution is -2.44. The zero-order valence-electron chi connectivity index (χ0n) is 10.3. The lowest BCUT2D eigenvalue weighted by Gasteiger charge is -2.39. The number of hydrogen-bond acceptors (Lipinski definition) is 1. The maximum atomic E-state index is 6.13. The molecule has 1 unspecified atom stereocenters. The number of hydrogen-bond donors (Lipinski definition) is 0. The highest BCUT2D eigenvalue weighted by molar-refractivity contribution is 6.75. The van der Waals surface area contributed by atoms with Crippen molar-refractivity contribution >= 4 is 19.9 Å². The summed E-state index contributed by atoms with van der Waals surface area (Å²) >= 11 is 5.66. The van der Waals surface area contributed by atoms with Crippen LogP contribution < -0.4 is 0 Å². The van der Waals surface area contributed by atoms with Crippen LogP contribution >= 0.6 is 11.6 Å². The van der Waals surface area contributed by atoms with Crippen molar-refractivity contribution in [2.75, 3.05) is 12.5 Å². The van der Waals surface area contributed by atoms with Gasteiger partial charge in [0.05, 0.1) is 0 Å². The van der Waals surface area contributed by atoms with Crippen molar-refractivity contribution in [3.8, 4) is 0 Å². The van der Waals surface area contributed by atoms with E-state index < -0.39 is 8.32 Å². The molecule has 0 aromatic rings. The molecule has 0 aliphatic heterocycles. The summed E-state index contributed by atoms with van der Waals surface area (Å²) in [5.74, 6) is 0.709. The van der Waals surface area contributed by atoms with Gasteiger partial charge in [0.25, 0.3) is 0 Å². The molecule has 0 saturated heterocycles. The molecule has 3 heteroatoms. The lowest BCUT2D eigenvalue weighted by atomic mass is 10.2. The number of rotatable bonds is 6. The van der Waals surface area contributed by atoms with Crippen LogP contribution in [0.3, 0.4) is 0 Å². The van der Waals surface area contributed by atoms with Gasteiger partial charge >= 0.3 is 0 Å². The van der Waals surface area contributed by atoms with Gasteiger partial charge in [-0.1, -0.05) is 34.1 Å². The fourth-order valence-electron chi connectivity index (χ4n) is 1.49. The fraction of sp³-hybridized carbons (Fsp3) is 1.00. The predicted octanol–water partition coefficient (Wildman–Crippen LogP) is 4.42. The lowest BCUT2D eigenvalue weighted by molar-refractivity contribution is 0.283. The second-order valence-electron chi connectivity index (χ2n) is 5.12. The summed E-state index contributed by atoms with van der Waals surface area (Å²) in [6, 6.07) is 1.25. The number of halogens is 1. The molecule has 0 aliphatic rings. The van der Waals surface area contributed by atoms with Crippen molar-refractivity contribution in [1.82, 2.24) is 0 Å². The van der Waals surface area contributed by atoms with E-state index >= 15 is 0 Å². The average molecular weight is 237 g/mol. The van der Waals surface area contributed by atoms with Crippen LogP contribution in [0.15, 0.2) is 0 Å². The molecular formula is C11H25ClOSi. The minimum absolute atomic E-state index is 0.329. The zero-order chi connectivity index (χ0) is 11.2. The van der Waals surface area contributed by atoms with Crippen molar-refractivity contribution in [2.45, 2.75) is 58.2 Å². The molecule has 0 saturated carbocycles. The first-order valence-corrected chi connectivity index (χ1v) is 8.72. The summed E-state index contributed by atoms with van der Waals surface area (Å²) in [4.78, 5) is 0. The molecule has 0 spiro atoms. The van der Waals surface area contributed by atoms with Crippen LogP contribution in [0.25, 0.3) is 0 Å². The van der Waals surface area contributed by atoms with Crippen LogP contribution in [0.4, 0.5) is 0 Å². The molecule has 0 bridgehead atoms. The predicted molar refractivity (Wildman–Crippen MR) is 67.7 cm³/mol. The monoisotopic (exact) mass is 236 g/mol. The van der Waals surface area contributed by atoms with Gasteiger partial charge in [-0.3, -0.25) is 0 Å². The van der Waals surface area contributed by atoms with Crippen LogP contribution in [0, 0.1) is 0 Å². The molecule has 86 valence electrons. The normalized spacial score (nSPS) is 16.7. The van der Waals surface area contributed by atoms with Crippen LogP contribution in [-0.2, 0) is 4.43 Å². The minimum Gasteiger partial charge on any atom is -0.417 e. The van der Waals surface area contributed by atoms with E-state index in [0.29, 0.717) is 10.9 Å². The molecule has 0 aliphatic carbocycles. The Balaban J connectivity index is 4.25. The first-order valence-electron chi connectivity index (χ1n) is 5.57. The first kappa shape index (κ1) is 14.5. The Morgan fingerprint density at radius 2 is 1.86 bits per heavy atom. The van der Waals surface area contributed by atoms with Gasteiger partial charge in [0, 0.05) is 12.5 Å². The first-order chi connectivity index (χ1) is 6.37. The molecule has 0 rings (SSSR count). The molecule has 0 aromatic heterocycles. The van der Waals surface area contributed by atoms with E-state index in [9.17, 15) is 0 Å². The smallest absolute Gasteiger partial charge is 0.194 e. The van der Waals surface area contributed by atoms with Gasteiger partial charge in [-0.2, -0.15) is 0 Å². The Hall–Kier alpha value is 0.467. The van der Waals surface area contributed by atoms with E-state index in [2.05, 4.69) is 34.2 Å². The third kappa shape index (κ3) is 4.33. The maximum Gasteiger partial charge on any atom is 0.194 e. The highest BCUT2D eigenvalue weighted by Crippen LogP contribution is 2.40. The molecule has 14 heavy (non-hydrogen) atoms. The summed E-state index contributed by atoms with van der Waals surface area (Å²) in [7, 11) is -1.55. The Morgan fingerprint density at radius 1 is 1.29 bits per heavy atom. The summed E-state index contributed by atoms with van der Waals surface area (Å²) in [6.45, 7) is 12.3. The van der Waals surface area contributed by atoms with Crippen LogP contribution in [0.1, 0.15) is 40.5 Å². The van der Waals surface area contributed by atoms with Crippen LogP contribution in [0.2, 0.25) is 17.6 Å². The largest absolute Gasteiger partial charge is 0.417 e. The molecule has 1 nitrogen and oxygen atoms in total. The van der Waals surface area contributed by atoms with Gasteiger partial charge in [-0.15, -0.1) is 11.6 Å². The topological polar surface area (TPSA) is 9.23 Å². The van der Waals surface area contributed by atoms with Gasteiger partial charge in [0.15, 0.2) is 8.32 Å². The second kappa shape index (κ2) is 6.14. The number of alkyl halides is 1. The summed E-state index contributed by atoms with van der Waals surface area (Å²) in [5, 5.41) is 0.329. The second-order valence-corrected chi connectivity index (χ2v) is 10.3. The summed E-state index contributed by atoms with van der Waals surface area (Å²) < 4.78 is 6.13. The molecule has 0 aromatic carbocycles. The molecule has 0 radical (unpaired) electrons. The molecule has 1 atom stereocenters. The Labute approximate surface area is 95.3 Å². The van der Waals surface area contributed by atoms with Gasteiger partial charge in [-0.25, -0.2) is 0 Å². The van der Waals surface area contributed by atoms with Crippen LogP contribution in [-0.4, -0.2) is 20.8 Å². The molecular weight excluding hydrogens is 212 g/mol. The maximum absolute atomic E-state index is 6.13. The minimum atomic E-state index is -1.55. The van der Waals surface area contributed by atoms with E-state index in [-0.39, 0.29) is 0 Å². The van der Waals surface area contributed by atoms with Crippen molar-refractivity contribution in [2.24, 2.45) is 0 Å². The van der Waals surface area contributed by atoms with Gasteiger partial charge < -0.3 is 4.43 Å². The average Bonchev–Trinajstić information content (AvgIpc) is 2.03. The highest BCUT2D eigenvalue weighted by Gasteiger charge is 2.40. The fourth-order valence-corrected chi connectivity index (χ4v) is 4.48. The van der Waals surface area contributed by atoms with Crippen molar-refractivity contribution in [3.05, 3.63) is 0 Å². The zero-order valence-corrected chi connectivity index (χ0v) is 12.1. The van der Waals surface area contributed by atoms with Crippen molar-refractivity contribution < 1.29 is 4.43 Å². The highest BCUT2D eigenvalue weighted by atomic mass is 35.5. The molecule has 0 N–H and O–H groups in total. The quantitative estimate of drug-likeness (QED) is 0.377. The van der Waals surface area contributed by atoms with Gasteiger partial charge in [0.2, 0.25) is 0 Å². The Bertz CT molecular complexity index is 156. The Morgan fingerprint density at radius 3 is 2.21 bits per heavy atom. The van der Waals surface area contributed by atoms with Crippen molar-refractivity contribution in [1.29, 1.82) is 0 Å². The SMILES string of the molecule is CCC[Si](C)(OCCCCl)C(C)(C)C. The summed E-state index contributed by atoms with van der Waals surface area (Å²) in [6.07, 6.45) is 2.20. The third-order valence-corrected chi connectivity index (χ3v) is 8.75. The van der Waals surface area contributed by atoms with Gasteiger partial charge in [0.1, 0.15) is 0 Å². The molecule has 0 heterocycles. The van der Waals surface area contributed by atoms with Crippen LogP contribution in [0.5, 0.6) is 0 Å². The van der Waals surface area contributed by atoms with Gasteiger partial charge in [-0.05, 0) is 24.1 Å². The van der Waals surface area contributed by atoms with E-state index in [1.165, 1.54) is 12.5 Å². The van der Waals surface area contributed by atoms with Crippen molar-refractivity contribution in [3.63, 3.8) is 0 Å². The summed E-state index contributed by atoms with van der Waals surface area (Å²) in [5.41, 5.74) is 0. The van der Waals surface area contributed by atoms with E-state index in [1.54, 1.807) is 0 Å². The standard InChI is InChI=1S/C11H25ClOSi/c1-6-10-14(5,11(2,3)4)13-9-7-8-12/h6-10H2,1-5H3. The van der Waals surface area contributed by atoms with E-state index in [4.69, 9.17) is 16.0 Å². The molecule has 0 fully saturated rings. The van der Waals surface area contributed by atoms with E-state index in [0.717, 1.165) is 13.0 Å². The third-order valence-electron chi connectivity index (χ3n) is 3.01. The Kier molecular flexibility index (Phi) is 6.34. The van der Waals surface area contributed by atoms with E-state index in [1.807, 2.05) is 0 Å².